The lowest BCUT2D eigenvalue weighted by Crippen LogP contribution is -2.25. The Bertz CT molecular complexity index is 1130. The highest BCUT2D eigenvalue weighted by molar-refractivity contribution is 6.30. The molecule has 0 aromatic carbocycles. The Balaban J connectivity index is 1.71. The molecule has 1 fully saturated rings. The molecular weight excluding hydrogens is 448 g/mol. The summed E-state index contributed by atoms with van der Waals surface area (Å²) in [5.74, 6) is -2.49. The molecule has 172 valence electrons. The summed E-state index contributed by atoms with van der Waals surface area (Å²) < 4.78 is 27.5. The highest BCUT2D eigenvalue weighted by atomic mass is 35.5. The Labute approximate surface area is 195 Å². The Morgan fingerprint density at radius 2 is 1.76 bits per heavy atom. The second kappa shape index (κ2) is 9.47. The number of nitrogens with one attached hydrogen (secondary N) is 1. The minimum absolute atomic E-state index is 0.138. The summed E-state index contributed by atoms with van der Waals surface area (Å²) in [6.07, 6.45) is 6.25. The molecule has 9 heteroatoms. The van der Waals surface area contributed by atoms with E-state index in [-0.39, 0.29) is 37.5 Å². The van der Waals surface area contributed by atoms with Crippen molar-refractivity contribution in [2.75, 3.05) is 5.32 Å². The van der Waals surface area contributed by atoms with Crippen LogP contribution in [0.5, 0.6) is 0 Å². The van der Waals surface area contributed by atoms with Gasteiger partial charge in [0.1, 0.15) is 5.82 Å². The van der Waals surface area contributed by atoms with Crippen molar-refractivity contribution in [3.63, 3.8) is 0 Å². The highest BCUT2D eigenvalue weighted by Crippen LogP contribution is 2.44. The van der Waals surface area contributed by atoms with Crippen molar-refractivity contribution in [1.82, 2.24) is 19.9 Å². The van der Waals surface area contributed by atoms with Crippen LogP contribution in [0.3, 0.4) is 0 Å². The standard InChI is InChI=1S/C24H24ClF2N5O/c1-14(2)22-30-11-16(12-31-22)23(33)32-21-18(19-4-3-17(25)13-29-19)7-10-28-20(21)15-5-8-24(26,27)9-6-15/h3-4,7,10-15H,5-6,8-9H2,1-2H3,(H,32,33). The molecule has 1 aliphatic carbocycles. The van der Waals surface area contributed by atoms with Crippen LogP contribution in [-0.4, -0.2) is 31.8 Å². The number of anilines is 1. The van der Waals surface area contributed by atoms with Gasteiger partial charge in [0.2, 0.25) is 5.92 Å². The van der Waals surface area contributed by atoms with Gasteiger partial charge in [0.05, 0.1) is 27.7 Å². The van der Waals surface area contributed by atoms with E-state index >= 15 is 0 Å². The van der Waals surface area contributed by atoms with E-state index in [1.165, 1.54) is 18.6 Å². The van der Waals surface area contributed by atoms with Crippen molar-refractivity contribution in [2.45, 2.75) is 57.3 Å². The van der Waals surface area contributed by atoms with Crippen LogP contribution in [0.4, 0.5) is 14.5 Å². The highest BCUT2D eigenvalue weighted by Gasteiger charge is 2.37. The summed E-state index contributed by atoms with van der Waals surface area (Å²) in [6.45, 7) is 3.94. The van der Waals surface area contributed by atoms with Gasteiger partial charge in [-0.1, -0.05) is 25.4 Å². The molecule has 0 unspecified atom stereocenters. The van der Waals surface area contributed by atoms with Crippen LogP contribution in [0.2, 0.25) is 5.02 Å². The monoisotopic (exact) mass is 471 g/mol. The second-order valence-electron chi connectivity index (χ2n) is 8.55. The van der Waals surface area contributed by atoms with Gasteiger partial charge in [0, 0.05) is 55.0 Å². The van der Waals surface area contributed by atoms with Crippen LogP contribution < -0.4 is 5.32 Å². The molecule has 33 heavy (non-hydrogen) atoms. The van der Waals surface area contributed by atoms with E-state index < -0.39 is 11.8 Å². The van der Waals surface area contributed by atoms with Gasteiger partial charge in [-0.2, -0.15) is 0 Å². The average molecular weight is 472 g/mol. The van der Waals surface area contributed by atoms with E-state index in [0.29, 0.717) is 39.0 Å². The zero-order chi connectivity index (χ0) is 23.6. The molecule has 1 saturated carbocycles. The molecule has 0 aliphatic heterocycles. The van der Waals surface area contributed by atoms with E-state index in [1.807, 2.05) is 13.8 Å². The van der Waals surface area contributed by atoms with Gasteiger partial charge in [-0.15, -0.1) is 0 Å². The summed E-state index contributed by atoms with van der Waals surface area (Å²) in [7, 11) is 0. The number of hydrogen-bond acceptors (Lipinski definition) is 5. The molecule has 3 aromatic heterocycles. The minimum atomic E-state index is -2.66. The molecule has 0 radical (unpaired) electrons. The zero-order valence-electron chi connectivity index (χ0n) is 18.4. The van der Waals surface area contributed by atoms with Crippen LogP contribution in [0.1, 0.15) is 73.2 Å². The third kappa shape index (κ3) is 5.33. The zero-order valence-corrected chi connectivity index (χ0v) is 19.1. The van der Waals surface area contributed by atoms with Crippen molar-refractivity contribution >= 4 is 23.2 Å². The number of rotatable bonds is 5. The van der Waals surface area contributed by atoms with E-state index in [9.17, 15) is 13.6 Å². The molecule has 0 bridgehead atoms. The molecule has 1 amide bonds. The number of nitrogens with zero attached hydrogens (tertiary/aromatic N) is 4. The third-order valence-electron chi connectivity index (χ3n) is 5.78. The number of carbonyl (C=O) groups excluding carboxylic acids is 1. The molecule has 3 aromatic rings. The summed E-state index contributed by atoms with van der Waals surface area (Å²) in [5, 5.41) is 3.42. The fourth-order valence-electron chi connectivity index (χ4n) is 3.92. The average Bonchev–Trinajstić information content (AvgIpc) is 2.80. The van der Waals surface area contributed by atoms with Crippen LogP contribution in [0, 0.1) is 0 Å². The van der Waals surface area contributed by atoms with Gasteiger partial charge in [0.15, 0.2) is 0 Å². The first-order valence-electron chi connectivity index (χ1n) is 10.9. The minimum Gasteiger partial charge on any atom is -0.320 e. The topological polar surface area (TPSA) is 80.7 Å². The summed E-state index contributed by atoms with van der Waals surface area (Å²) in [6, 6.07) is 5.19. The van der Waals surface area contributed by atoms with E-state index in [4.69, 9.17) is 11.6 Å². The Hall–Kier alpha value is -3.00. The number of amides is 1. The smallest absolute Gasteiger partial charge is 0.258 e. The predicted octanol–water partition coefficient (Wildman–Crippen LogP) is 6.26. The molecule has 3 heterocycles. The van der Waals surface area contributed by atoms with E-state index in [2.05, 4.69) is 25.3 Å². The summed E-state index contributed by atoms with van der Waals surface area (Å²) in [5.41, 5.74) is 2.56. The SMILES string of the molecule is CC(C)c1ncc(C(=O)Nc2c(-c3ccc(Cl)cn3)ccnc2C2CCC(F)(F)CC2)cn1. The molecule has 0 atom stereocenters. The number of alkyl halides is 2. The first-order valence-corrected chi connectivity index (χ1v) is 11.2. The van der Waals surface area contributed by atoms with Gasteiger partial charge < -0.3 is 5.32 Å². The first kappa shape index (κ1) is 23.2. The molecule has 0 saturated heterocycles. The maximum atomic E-state index is 13.8. The lowest BCUT2D eigenvalue weighted by atomic mass is 9.83. The maximum Gasteiger partial charge on any atom is 0.258 e. The fourth-order valence-corrected chi connectivity index (χ4v) is 4.03. The first-order chi connectivity index (χ1) is 15.7. The lowest BCUT2D eigenvalue weighted by molar-refractivity contribution is -0.0384. The fraction of sp³-hybridized carbons (Fsp3) is 0.375. The number of hydrogen-bond donors (Lipinski definition) is 1. The summed E-state index contributed by atoms with van der Waals surface area (Å²) >= 11 is 5.99. The Morgan fingerprint density at radius 1 is 1.06 bits per heavy atom. The van der Waals surface area contributed by atoms with Gasteiger partial charge in [-0.05, 0) is 31.0 Å². The molecule has 6 nitrogen and oxygen atoms in total. The quantitative estimate of drug-likeness (QED) is 0.475. The van der Waals surface area contributed by atoms with Gasteiger partial charge >= 0.3 is 0 Å². The third-order valence-corrected chi connectivity index (χ3v) is 6.00. The normalized spacial score (nSPS) is 16.1. The molecule has 1 N–H and O–H groups in total. The van der Waals surface area contributed by atoms with Crippen molar-refractivity contribution in [1.29, 1.82) is 0 Å². The van der Waals surface area contributed by atoms with Crippen molar-refractivity contribution in [3.8, 4) is 11.3 Å². The largest absolute Gasteiger partial charge is 0.320 e. The van der Waals surface area contributed by atoms with Crippen LogP contribution in [0.25, 0.3) is 11.3 Å². The van der Waals surface area contributed by atoms with Gasteiger partial charge in [-0.3, -0.25) is 14.8 Å². The van der Waals surface area contributed by atoms with E-state index in [0.717, 1.165) is 0 Å². The molecule has 0 spiro atoms. The number of pyridine rings is 2. The van der Waals surface area contributed by atoms with Crippen LogP contribution in [-0.2, 0) is 0 Å². The lowest BCUT2D eigenvalue weighted by Gasteiger charge is -2.29. The summed E-state index contributed by atoms with van der Waals surface area (Å²) in [4.78, 5) is 30.5. The number of halogens is 3. The van der Waals surface area contributed by atoms with E-state index in [1.54, 1.807) is 24.4 Å². The van der Waals surface area contributed by atoms with Crippen LogP contribution in [0.15, 0.2) is 43.0 Å². The van der Waals surface area contributed by atoms with Crippen molar-refractivity contribution in [2.24, 2.45) is 0 Å². The second-order valence-corrected chi connectivity index (χ2v) is 8.99. The Kier molecular flexibility index (Phi) is 6.65. The molecule has 1 aliphatic rings. The Morgan fingerprint density at radius 3 is 2.36 bits per heavy atom. The molecule has 4 rings (SSSR count). The number of aromatic nitrogens is 4. The van der Waals surface area contributed by atoms with Crippen molar-refractivity contribution in [3.05, 3.63) is 65.1 Å². The molecular formula is C24H24ClF2N5O. The maximum absolute atomic E-state index is 13.8. The van der Waals surface area contributed by atoms with Gasteiger partial charge in [-0.25, -0.2) is 18.7 Å². The van der Waals surface area contributed by atoms with Crippen LogP contribution >= 0.6 is 11.6 Å². The predicted molar refractivity (Wildman–Crippen MR) is 123 cm³/mol. The van der Waals surface area contributed by atoms with Gasteiger partial charge in [0.25, 0.3) is 5.91 Å². The number of carbonyl (C=O) groups is 1. The van der Waals surface area contributed by atoms with Crippen molar-refractivity contribution < 1.29 is 13.6 Å².